The van der Waals surface area contributed by atoms with Gasteiger partial charge in [-0.05, 0) is 48.6 Å². The molecule has 0 bridgehead atoms. The summed E-state index contributed by atoms with van der Waals surface area (Å²) in [6.07, 6.45) is 3.88. The lowest BCUT2D eigenvalue weighted by Gasteiger charge is -2.33. The van der Waals surface area contributed by atoms with E-state index in [1.165, 1.54) is 30.8 Å². The van der Waals surface area contributed by atoms with Gasteiger partial charge in [-0.3, -0.25) is 0 Å². The Morgan fingerprint density at radius 3 is 2.89 bits per heavy atom. The van der Waals surface area contributed by atoms with E-state index in [-0.39, 0.29) is 0 Å². The van der Waals surface area contributed by atoms with Crippen molar-refractivity contribution in [2.45, 2.75) is 45.1 Å². The summed E-state index contributed by atoms with van der Waals surface area (Å²) in [5, 5.41) is 3.65. The lowest BCUT2D eigenvalue weighted by molar-refractivity contribution is 0.452. The fraction of sp³-hybridized carbons (Fsp3) is 0.625. The Kier molecular flexibility index (Phi) is 5.58. The highest BCUT2D eigenvalue weighted by Gasteiger charge is 2.27. The molecule has 0 aliphatic heterocycles. The second-order valence-corrected chi connectivity index (χ2v) is 6.31. The second kappa shape index (κ2) is 7.20. The number of hydrogen-bond acceptors (Lipinski definition) is 2. The van der Waals surface area contributed by atoms with Crippen LogP contribution in [-0.2, 0) is 6.42 Å². The smallest absolute Gasteiger partial charge is 0.0164 e. The van der Waals surface area contributed by atoms with Gasteiger partial charge in [0.15, 0.2) is 0 Å². The van der Waals surface area contributed by atoms with E-state index in [0.717, 1.165) is 12.5 Å². The van der Waals surface area contributed by atoms with E-state index in [1.807, 2.05) is 0 Å². The molecule has 2 atom stereocenters. The maximum atomic E-state index is 3.65. The van der Waals surface area contributed by atoms with Crippen molar-refractivity contribution in [2.75, 3.05) is 18.1 Å². The van der Waals surface area contributed by atoms with Crippen LogP contribution in [0.25, 0.3) is 0 Å². The van der Waals surface area contributed by atoms with Crippen molar-refractivity contribution < 1.29 is 0 Å². The van der Waals surface area contributed by atoms with Gasteiger partial charge in [0, 0.05) is 11.8 Å². The molecule has 18 heavy (non-hydrogen) atoms. The highest BCUT2D eigenvalue weighted by molar-refractivity contribution is 7.99. The Hall–Kier alpha value is -0.470. The van der Waals surface area contributed by atoms with E-state index in [1.54, 1.807) is 11.1 Å². The van der Waals surface area contributed by atoms with Crippen molar-refractivity contribution in [1.82, 2.24) is 5.32 Å². The molecule has 1 aliphatic carbocycles. The molecule has 0 fully saturated rings. The zero-order chi connectivity index (χ0) is 12.8. The first kappa shape index (κ1) is 14.0. The van der Waals surface area contributed by atoms with Gasteiger partial charge >= 0.3 is 0 Å². The summed E-state index contributed by atoms with van der Waals surface area (Å²) >= 11 is 2.10. The molecule has 0 aromatic heterocycles. The fourth-order valence-electron chi connectivity index (χ4n) is 2.79. The van der Waals surface area contributed by atoms with Crippen LogP contribution in [-0.4, -0.2) is 24.1 Å². The van der Waals surface area contributed by atoms with Crippen molar-refractivity contribution in [3.05, 3.63) is 35.4 Å². The molecule has 0 amide bonds. The van der Waals surface area contributed by atoms with Crippen LogP contribution in [0.4, 0.5) is 0 Å². The standard InChI is InChI=1S/C16H25NS/c1-3-9-18-12-15(17-4-2)11-14-10-13-7-5-6-8-16(13)14/h5-8,14-15,17H,3-4,9-12H2,1-2H3. The van der Waals surface area contributed by atoms with Crippen LogP contribution in [0.15, 0.2) is 24.3 Å². The van der Waals surface area contributed by atoms with E-state index in [0.29, 0.717) is 6.04 Å². The molecule has 1 aromatic carbocycles. The minimum atomic E-state index is 0.685. The summed E-state index contributed by atoms with van der Waals surface area (Å²) in [6, 6.07) is 9.61. The number of nitrogens with one attached hydrogen (secondary N) is 1. The van der Waals surface area contributed by atoms with Crippen molar-refractivity contribution in [3.8, 4) is 0 Å². The Labute approximate surface area is 116 Å². The topological polar surface area (TPSA) is 12.0 Å². The van der Waals surface area contributed by atoms with Gasteiger partial charge in [-0.15, -0.1) is 0 Å². The first-order chi connectivity index (χ1) is 8.85. The quantitative estimate of drug-likeness (QED) is 0.715. The minimum Gasteiger partial charge on any atom is -0.313 e. The van der Waals surface area contributed by atoms with Crippen LogP contribution in [0.1, 0.15) is 43.7 Å². The van der Waals surface area contributed by atoms with Gasteiger partial charge in [0.2, 0.25) is 0 Å². The predicted molar refractivity (Wildman–Crippen MR) is 82.6 cm³/mol. The van der Waals surface area contributed by atoms with Crippen LogP contribution >= 0.6 is 11.8 Å². The van der Waals surface area contributed by atoms with E-state index < -0.39 is 0 Å². The van der Waals surface area contributed by atoms with Gasteiger partial charge in [-0.25, -0.2) is 0 Å². The van der Waals surface area contributed by atoms with Crippen LogP contribution in [0.5, 0.6) is 0 Å². The average molecular weight is 263 g/mol. The summed E-state index contributed by atoms with van der Waals surface area (Å²) in [5.74, 6) is 3.36. The van der Waals surface area contributed by atoms with Crippen LogP contribution in [0.3, 0.4) is 0 Å². The molecule has 2 heteroatoms. The summed E-state index contributed by atoms with van der Waals surface area (Å²) in [7, 11) is 0. The summed E-state index contributed by atoms with van der Waals surface area (Å²) < 4.78 is 0. The Balaban J connectivity index is 1.83. The predicted octanol–water partition coefficient (Wildman–Crippen LogP) is 3.84. The first-order valence-corrected chi connectivity index (χ1v) is 8.39. The van der Waals surface area contributed by atoms with E-state index in [4.69, 9.17) is 0 Å². The van der Waals surface area contributed by atoms with Gasteiger partial charge in [0.05, 0.1) is 0 Å². The summed E-state index contributed by atoms with van der Waals surface area (Å²) in [6.45, 7) is 5.56. The Morgan fingerprint density at radius 1 is 1.33 bits per heavy atom. The molecule has 1 aromatic rings. The molecule has 0 radical (unpaired) electrons. The average Bonchev–Trinajstić information content (AvgIpc) is 2.36. The molecule has 2 unspecified atom stereocenters. The normalized spacial score (nSPS) is 19.1. The van der Waals surface area contributed by atoms with E-state index >= 15 is 0 Å². The third-order valence-corrected chi connectivity index (χ3v) is 5.03. The first-order valence-electron chi connectivity index (χ1n) is 7.24. The molecule has 0 saturated heterocycles. The van der Waals surface area contributed by atoms with Gasteiger partial charge in [0.1, 0.15) is 0 Å². The largest absolute Gasteiger partial charge is 0.313 e. The van der Waals surface area contributed by atoms with Crippen LogP contribution in [0, 0.1) is 0 Å². The molecule has 1 N–H and O–H groups in total. The second-order valence-electron chi connectivity index (χ2n) is 5.17. The molecule has 1 nitrogen and oxygen atoms in total. The molecule has 2 rings (SSSR count). The van der Waals surface area contributed by atoms with E-state index in [9.17, 15) is 0 Å². The van der Waals surface area contributed by atoms with Gasteiger partial charge in [-0.1, -0.05) is 38.1 Å². The SMILES string of the molecule is CCCSCC(CC1Cc2ccccc21)NCC. The van der Waals surface area contributed by atoms with Crippen molar-refractivity contribution in [3.63, 3.8) is 0 Å². The van der Waals surface area contributed by atoms with Crippen LogP contribution in [0.2, 0.25) is 0 Å². The molecule has 1 aliphatic rings. The Bertz CT molecular complexity index is 364. The highest BCUT2D eigenvalue weighted by atomic mass is 32.2. The molecule has 0 saturated carbocycles. The number of fused-ring (bicyclic) bond motifs is 1. The maximum Gasteiger partial charge on any atom is 0.0164 e. The lowest BCUT2D eigenvalue weighted by Crippen LogP contribution is -2.35. The monoisotopic (exact) mass is 263 g/mol. The lowest BCUT2D eigenvalue weighted by atomic mass is 9.74. The zero-order valence-corrected chi connectivity index (χ0v) is 12.4. The molecule has 0 spiro atoms. The number of benzene rings is 1. The third kappa shape index (κ3) is 3.52. The fourth-order valence-corrected chi connectivity index (χ4v) is 3.78. The van der Waals surface area contributed by atoms with Gasteiger partial charge in [-0.2, -0.15) is 11.8 Å². The number of rotatable bonds is 8. The highest BCUT2D eigenvalue weighted by Crippen LogP contribution is 2.38. The van der Waals surface area contributed by atoms with Gasteiger partial charge in [0.25, 0.3) is 0 Å². The van der Waals surface area contributed by atoms with Crippen molar-refractivity contribution in [1.29, 1.82) is 0 Å². The Morgan fingerprint density at radius 2 is 2.17 bits per heavy atom. The molecular weight excluding hydrogens is 238 g/mol. The zero-order valence-electron chi connectivity index (χ0n) is 11.6. The van der Waals surface area contributed by atoms with Crippen molar-refractivity contribution >= 4 is 11.8 Å². The third-order valence-electron chi connectivity index (χ3n) is 3.69. The summed E-state index contributed by atoms with van der Waals surface area (Å²) in [4.78, 5) is 0. The maximum absolute atomic E-state index is 3.65. The number of thioether (sulfide) groups is 1. The van der Waals surface area contributed by atoms with Gasteiger partial charge < -0.3 is 5.32 Å². The van der Waals surface area contributed by atoms with E-state index in [2.05, 4.69) is 55.2 Å². The number of hydrogen-bond donors (Lipinski definition) is 1. The molecule has 100 valence electrons. The summed E-state index contributed by atoms with van der Waals surface area (Å²) in [5.41, 5.74) is 3.17. The molecule has 0 heterocycles. The molecular formula is C16H25NS. The van der Waals surface area contributed by atoms with Crippen LogP contribution < -0.4 is 5.32 Å². The van der Waals surface area contributed by atoms with Crippen molar-refractivity contribution in [2.24, 2.45) is 0 Å². The minimum absolute atomic E-state index is 0.685.